The average Bonchev–Trinajstić information content (AvgIpc) is 3.41. The van der Waals surface area contributed by atoms with Crippen LogP contribution in [0.3, 0.4) is 0 Å². The van der Waals surface area contributed by atoms with Gasteiger partial charge in [0.15, 0.2) is 0 Å². The third-order valence-electron chi connectivity index (χ3n) is 6.29. The van der Waals surface area contributed by atoms with Gasteiger partial charge in [-0.1, -0.05) is 78.9 Å². The topological polar surface area (TPSA) is 21.7 Å². The van der Waals surface area contributed by atoms with Gasteiger partial charge in [-0.3, -0.25) is 0 Å². The van der Waals surface area contributed by atoms with E-state index in [2.05, 4.69) is 71.7 Å². The van der Waals surface area contributed by atoms with Crippen molar-refractivity contribution in [2.24, 2.45) is 0 Å². The molecule has 3 aromatic rings. The summed E-state index contributed by atoms with van der Waals surface area (Å²) in [4.78, 5) is 2.45. The Morgan fingerprint density at radius 1 is 0.788 bits per heavy atom. The molecule has 5 rings (SSSR count). The summed E-state index contributed by atoms with van der Waals surface area (Å²) in [5.74, 6) is 1.78. The van der Waals surface area contributed by atoms with Crippen molar-refractivity contribution < 1.29 is 9.47 Å². The molecule has 1 saturated heterocycles. The molecule has 2 heterocycles. The van der Waals surface area contributed by atoms with Crippen LogP contribution in [0.15, 0.2) is 103 Å². The summed E-state index contributed by atoms with van der Waals surface area (Å²) in [6, 6.07) is 25.1. The van der Waals surface area contributed by atoms with Crippen LogP contribution < -0.4 is 9.64 Å². The Balaban J connectivity index is 1.31. The lowest BCUT2D eigenvalue weighted by atomic mass is 9.93. The van der Waals surface area contributed by atoms with Gasteiger partial charge >= 0.3 is 0 Å². The van der Waals surface area contributed by atoms with Crippen LogP contribution in [0.2, 0.25) is 0 Å². The van der Waals surface area contributed by atoms with Crippen LogP contribution in [0, 0.1) is 0 Å². The summed E-state index contributed by atoms with van der Waals surface area (Å²) in [7, 11) is 1.75. The zero-order chi connectivity index (χ0) is 22.5. The maximum Gasteiger partial charge on any atom is 0.135 e. The van der Waals surface area contributed by atoms with Crippen LogP contribution in [0.4, 0.5) is 5.69 Å². The minimum Gasteiger partial charge on any atom is -0.456 e. The van der Waals surface area contributed by atoms with E-state index < -0.39 is 0 Å². The Bertz CT molecular complexity index is 1140. The van der Waals surface area contributed by atoms with Crippen LogP contribution in [0.1, 0.15) is 35.6 Å². The highest BCUT2D eigenvalue weighted by molar-refractivity contribution is 5.88. The van der Waals surface area contributed by atoms with Gasteiger partial charge in [-0.05, 0) is 48.2 Å². The van der Waals surface area contributed by atoms with E-state index in [4.69, 9.17) is 9.47 Å². The van der Waals surface area contributed by atoms with Crippen LogP contribution in [-0.2, 0) is 4.74 Å². The quantitative estimate of drug-likeness (QED) is 0.296. The van der Waals surface area contributed by atoms with Gasteiger partial charge in [-0.25, -0.2) is 0 Å². The van der Waals surface area contributed by atoms with E-state index in [-0.39, 0.29) is 6.10 Å². The molecule has 2 aliphatic rings. The number of allylic oxidation sites excluding steroid dienone is 4. The Morgan fingerprint density at radius 3 is 2.06 bits per heavy atom. The van der Waals surface area contributed by atoms with Gasteiger partial charge in [-0.15, -0.1) is 0 Å². The van der Waals surface area contributed by atoms with Gasteiger partial charge in [-0.2, -0.15) is 0 Å². The summed E-state index contributed by atoms with van der Waals surface area (Å²) in [5, 5.41) is 0. The van der Waals surface area contributed by atoms with Gasteiger partial charge in [0, 0.05) is 37.0 Å². The molecule has 3 aromatic carbocycles. The molecule has 0 aromatic heterocycles. The first-order chi connectivity index (χ1) is 16.3. The van der Waals surface area contributed by atoms with Gasteiger partial charge in [0.1, 0.15) is 17.6 Å². The number of methoxy groups -OCH3 is 1. The number of anilines is 1. The number of hydrogen-bond donors (Lipinski definition) is 0. The van der Waals surface area contributed by atoms with Crippen LogP contribution in [-0.4, -0.2) is 20.2 Å². The lowest BCUT2D eigenvalue weighted by Gasteiger charge is -2.22. The third kappa shape index (κ3) is 4.64. The lowest BCUT2D eigenvalue weighted by molar-refractivity contribution is 0.143. The molecule has 166 valence electrons. The molecule has 3 heteroatoms. The van der Waals surface area contributed by atoms with Crippen molar-refractivity contribution in [2.75, 3.05) is 25.1 Å². The van der Waals surface area contributed by atoms with Gasteiger partial charge in [0.25, 0.3) is 0 Å². The highest BCUT2D eigenvalue weighted by atomic mass is 16.5. The highest BCUT2D eigenvalue weighted by Crippen LogP contribution is 2.43. The number of fused-ring (bicyclic) bond motifs is 2. The minimum absolute atomic E-state index is 0.0699. The zero-order valence-corrected chi connectivity index (χ0v) is 19.0. The van der Waals surface area contributed by atoms with E-state index in [1.165, 1.54) is 18.5 Å². The molecule has 2 aliphatic heterocycles. The largest absolute Gasteiger partial charge is 0.456 e. The van der Waals surface area contributed by atoms with Crippen molar-refractivity contribution in [3.63, 3.8) is 0 Å². The van der Waals surface area contributed by atoms with E-state index in [1.54, 1.807) is 7.11 Å². The minimum atomic E-state index is -0.0699. The molecular formula is C30H29NO2. The second kappa shape index (κ2) is 9.93. The van der Waals surface area contributed by atoms with Crippen molar-refractivity contribution in [3.05, 3.63) is 120 Å². The van der Waals surface area contributed by atoms with Crippen LogP contribution >= 0.6 is 0 Å². The maximum absolute atomic E-state index is 6.07. The number of para-hydroxylation sites is 2. The molecule has 1 unspecified atom stereocenters. The number of hydrogen-bond acceptors (Lipinski definition) is 3. The van der Waals surface area contributed by atoms with Crippen molar-refractivity contribution in [1.29, 1.82) is 0 Å². The van der Waals surface area contributed by atoms with Crippen molar-refractivity contribution in [2.45, 2.75) is 18.9 Å². The number of nitrogens with zero attached hydrogens (tertiary/aromatic N) is 1. The van der Waals surface area contributed by atoms with Gasteiger partial charge in [0.05, 0.1) is 0 Å². The van der Waals surface area contributed by atoms with E-state index in [9.17, 15) is 0 Å². The predicted octanol–water partition coefficient (Wildman–Crippen LogP) is 7.32. The smallest absolute Gasteiger partial charge is 0.135 e. The fourth-order valence-corrected chi connectivity index (χ4v) is 4.56. The van der Waals surface area contributed by atoms with Crippen LogP contribution in [0.5, 0.6) is 11.5 Å². The summed E-state index contributed by atoms with van der Waals surface area (Å²) < 4.78 is 11.8. The first-order valence-corrected chi connectivity index (χ1v) is 11.6. The number of rotatable bonds is 6. The molecule has 0 aliphatic carbocycles. The molecule has 0 saturated carbocycles. The van der Waals surface area contributed by atoms with E-state index >= 15 is 0 Å². The molecule has 0 amide bonds. The van der Waals surface area contributed by atoms with Gasteiger partial charge < -0.3 is 14.4 Å². The van der Waals surface area contributed by atoms with E-state index in [1.807, 2.05) is 36.4 Å². The second-order valence-corrected chi connectivity index (χ2v) is 8.39. The molecule has 3 nitrogen and oxygen atoms in total. The average molecular weight is 436 g/mol. The number of benzene rings is 3. The molecule has 33 heavy (non-hydrogen) atoms. The fraction of sp³-hybridized carbons (Fsp3) is 0.200. The first-order valence-electron chi connectivity index (χ1n) is 11.6. The normalized spacial score (nSPS) is 16.0. The molecule has 1 fully saturated rings. The third-order valence-corrected chi connectivity index (χ3v) is 6.29. The Morgan fingerprint density at radius 2 is 1.42 bits per heavy atom. The second-order valence-electron chi connectivity index (χ2n) is 8.39. The molecular weight excluding hydrogens is 406 g/mol. The SMILES string of the molecule is COC(C=CC=CC=C1c2ccccc2Oc2ccccc21)c1ccc(N2CCCC2)cc1. The monoisotopic (exact) mass is 435 g/mol. The van der Waals surface area contributed by atoms with Crippen LogP contribution in [0.25, 0.3) is 5.57 Å². The zero-order valence-electron chi connectivity index (χ0n) is 19.0. The predicted molar refractivity (Wildman–Crippen MR) is 136 cm³/mol. The Kier molecular flexibility index (Phi) is 6.41. The van der Waals surface area contributed by atoms with Gasteiger partial charge in [0.2, 0.25) is 0 Å². The molecule has 0 radical (unpaired) electrons. The number of ether oxygens (including phenoxy) is 2. The highest BCUT2D eigenvalue weighted by Gasteiger charge is 2.20. The molecule has 0 spiro atoms. The van der Waals surface area contributed by atoms with E-state index in [0.717, 1.165) is 46.9 Å². The van der Waals surface area contributed by atoms with Crippen molar-refractivity contribution in [1.82, 2.24) is 0 Å². The fourth-order valence-electron chi connectivity index (χ4n) is 4.56. The van der Waals surface area contributed by atoms with Crippen molar-refractivity contribution in [3.8, 4) is 11.5 Å². The summed E-state index contributed by atoms with van der Waals surface area (Å²) >= 11 is 0. The molecule has 0 N–H and O–H groups in total. The maximum atomic E-state index is 6.07. The summed E-state index contributed by atoms with van der Waals surface area (Å²) in [6.07, 6.45) is 12.9. The summed E-state index contributed by atoms with van der Waals surface area (Å²) in [5.41, 5.74) is 5.85. The first kappa shape index (κ1) is 21.3. The summed E-state index contributed by atoms with van der Waals surface area (Å²) in [6.45, 7) is 2.32. The molecule has 1 atom stereocenters. The van der Waals surface area contributed by atoms with E-state index in [0.29, 0.717) is 0 Å². The molecule has 0 bridgehead atoms. The Hall–Kier alpha value is -3.56. The van der Waals surface area contributed by atoms with Crippen molar-refractivity contribution >= 4 is 11.3 Å². The lowest BCUT2D eigenvalue weighted by Crippen LogP contribution is -2.17. The Labute approximate surface area is 196 Å². The standard InChI is InChI=1S/C30H29NO2/c1-32-28(23-17-19-24(20-18-23)31-21-9-10-22-31)14-4-2-3-11-25-26-12-5-7-15-29(26)33-30-16-8-6-13-27(25)30/h2-8,11-20,28H,9-10,21-22H2,1H3.